The topological polar surface area (TPSA) is 40.6 Å². The van der Waals surface area contributed by atoms with Crippen molar-refractivity contribution in [2.24, 2.45) is 5.92 Å². The summed E-state index contributed by atoms with van der Waals surface area (Å²) in [5, 5.41) is 0. The fourth-order valence-corrected chi connectivity index (χ4v) is 2.76. The number of benzene rings is 1. The average molecular weight is 274 g/mol. The van der Waals surface area contributed by atoms with Crippen LogP contribution in [0.1, 0.15) is 26.3 Å². The molecule has 0 unspecified atom stereocenters. The second kappa shape index (κ2) is 6.07. The molecule has 0 aliphatic carbocycles. The number of nitrogens with zero attached hydrogens (tertiary/aromatic N) is 2. The van der Waals surface area contributed by atoms with Gasteiger partial charge in [-0.05, 0) is 11.5 Å². The molecular weight excluding hydrogens is 252 g/mol. The Morgan fingerprint density at radius 3 is 2.45 bits per heavy atom. The number of carbonyl (C=O) groups is 2. The Bertz CT molecular complexity index is 485. The fourth-order valence-electron chi connectivity index (χ4n) is 2.76. The normalized spacial score (nSPS) is 19.6. The van der Waals surface area contributed by atoms with Crippen LogP contribution in [0.25, 0.3) is 0 Å². The van der Waals surface area contributed by atoms with Gasteiger partial charge in [0.1, 0.15) is 6.04 Å². The van der Waals surface area contributed by atoms with E-state index in [0.717, 1.165) is 5.56 Å². The summed E-state index contributed by atoms with van der Waals surface area (Å²) in [6, 6.07) is 9.64. The highest BCUT2D eigenvalue weighted by atomic mass is 16.2. The number of piperazine rings is 1. The first-order chi connectivity index (χ1) is 9.50. The zero-order valence-electron chi connectivity index (χ0n) is 12.4. The third kappa shape index (κ3) is 3.00. The van der Waals surface area contributed by atoms with Crippen molar-refractivity contribution in [3.05, 3.63) is 35.9 Å². The number of rotatable bonds is 3. The molecule has 1 saturated heterocycles. The summed E-state index contributed by atoms with van der Waals surface area (Å²) < 4.78 is 0. The van der Waals surface area contributed by atoms with Crippen LogP contribution >= 0.6 is 0 Å². The van der Waals surface area contributed by atoms with Crippen LogP contribution in [0.5, 0.6) is 0 Å². The lowest BCUT2D eigenvalue weighted by atomic mass is 9.98. The van der Waals surface area contributed by atoms with E-state index in [1.807, 2.05) is 49.1 Å². The molecule has 0 saturated carbocycles. The number of amides is 2. The van der Waals surface area contributed by atoms with E-state index in [9.17, 15) is 9.59 Å². The van der Waals surface area contributed by atoms with Gasteiger partial charge in [-0.2, -0.15) is 0 Å². The lowest BCUT2D eigenvalue weighted by Gasteiger charge is -2.42. The van der Waals surface area contributed by atoms with Crippen LogP contribution in [-0.4, -0.2) is 40.7 Å². The average Bonchev–Trinajstić information content (AvgIpc) is 2.41. The molecule has 2 rings (SSSR count). The zero-order valence-corrected chi connectivity index (χ0v) is 12.4. The van der Waals surface area contributed by atoms with Gasteiger partial charge in [0.05, 0.1) is 0 Å². The predicted molar refractivity (Wildman–Crippen MR) is 77.9 cm³/mol. The molecule has 1 aromatic rings. The summed E-state index contributed by atoms with van der Waals surface area (Å²) >= 11 is 0. The molecule has 4 heteroatoms. The Morgan fingerprint density at radius 2 is 1.90 bits per heavy atom. The van der Waals surface area contributed by atoms with Gasteiger partial charge < -0.3 is 9.80 Å². The van der Waals surface area contributed by atoms with E-state index in [1.165, 1.54) is 6.92 Å². The molecule has 0 spiro atoms. The second-order valence-corrected chi connectivity index (χ2v) is 5.65. The van der Waals surface area contributed by atoms with Gasteiger partial charge in [-0.1, -0.05) is 44.2 Å². The van der Waals surface area contributed by atoms with E-state index in [2.05, 4.69) is 0 Å². The van der Waals surface area contributed by atoms with Gasteiger partial charge in [-0.3, -0.25) is 9.59 Å². The minimum atomic E-state index is -0.329. The van der Waals surface area contributed by atoms with Crippen molar-refractivity contribution in [2.75, 3.05) is 13.1 Å². The van der Waals surface area contributed by atoms with Crippen LogP contribution in [0.15, 0.2) is 30.3 Å². The van der Waals surface area contributed by atoms with E-state index in [4.69, 9.17) is 0 Å². The summed E-state index contributed by atoms with van der Waals surface area (Å²) in [5.74, 6) is 0.173. The maximum absolute atomic E-state index is 12.6. The van der Waals surface area contributed by atoms with E-state index in [0.29, 0.717) is 19.6 Å². The molecule has 0 bridgehead atoms. The van der Waals surface area contributed by atoms with Crippen LogP contribution in [0.3, 0.4) is 0 Å². The van der Waals surface area contributed by atoms with Crippen LogP contribution in [0.2, 0.25) is 0 Å². The molecule has 2 amide bonds. The first-order valence-electron chi connectivity index (χ1n) is 7.10. The third-order valence-electron chi connectivity index (χ3n) is 3.76. The first kappa shape index (κ1) is 14.6. The Kier molecular flexibility index (Phi) is 4.42. The van der Waals surface area contributed by atoms with E-state index in [1.54, 1.807) is 4.90 Å². The Balaban J connectivity index is 2.14. The summed E-state index contributed by atoms with van der Waals surface area (Å²) in [7, 11) is 0. The Morgan fingerprint density at radius 1 is 1.25 bits per heavy atom. The lowest BCUT2D eigenvalue weighted by molar-refractivity contribution is -0.153. The quantitative estimate of drug-likeness (QED) is 0.844. The van der Waals surface area contributed by atoms with Crippen molar-refractivity contribution in [1.29, 1.82) is 0 Å². The van der Waals surface area contributed by atoms with E-state index < -0.39 is 0 Å². The monoisotopic (exact) mass is 274 g/mol. The van der Waals surface area contributed by atoms with Gasteiger partial charge in [-0.25, -0.2) is 0 Å². The predicted octanol–water partition coefficient (Wildman–Crippen LogP) is 1.90. The minimum absolute atomic E-state index is 0.0172. The molecule has 1 aliphatic rings. The summed E-state index contributed by atoms with van der Waals surface area (Å²) in [4.78, 5) is 27.9. The number of carbonyl (C=O) groups excluding carboxylic acids is 2. The molecule has 20 heavy (non-hydrogen) atoms. The van der Waals surface area contributed by atoms with Crippen molar-refractivity contribution in [1.82, 2.24) is 9.80 Å². The molecule has 1 aromatic carbocycles. The van der Waals surface area contributed by atoms with Crippen molar-refractivity contribution in [3.63, 3.8) is 0 Å². The maximum atomic E-state index is 12.6. The minimum Gasteiger partial charge on any atom is -0.335 e. The smallest absolute Gasteiger partial charge is 0.246 e. The molecule has 0 aromatic heterocycles. The third-order valence-corrected chi connectivity index (χ3v) is 3.76. The van der Waals surface area contributed by atoms with Gasteiger partial charge in [0.15, 0.2) is 0 Å². The molecule has 1 heterocycles. The standard InChI is InChI=1S/C16H22N2O2/c1-12(2)15-16(20)17(9-10-18(15)13(3)19)11-14-7-5-4-6-8-14/h4-8,12,15H,9-11H2,1-3H3/t15-/m0/s1. The van der Waals surface area contributed by atoms with Crippen LogP contribution < -0.4 is 0 Å². The first-order valence-corrected chi connectivity index (χ1v) is 7.10. The largest absolute Gasteiger partial charge is 0.335 e. The highest BCUT2D eigenvalue weighted by Gasteiger charge is 2.37. The number of hydrogen-bond acceptors (Lipinski definition) is 2. The fraction of sp³-hybridized carbons (Fsp3) is 0.500. The van der Waals surface area contributed by atoms with Gasteiger partial charge in [-0.15, -0.1) is 0 Å². The molecule has 1 fully saturated rings. The lowest BCUT2D eigenvalue weighted by Crippen LogP contribution is -2.59. The number of hydrogen-bond donors (Lipinski definition) is 0. The molecule has 4 nitrogen and oxygen atoms in total. The van der Waals surface area contributed by atoms with E-state index >= 15 is 0 Å². The highest BCUT2D eigenvalue weighted by Crippen LogP contribution is 2.20. The highest BCUT2D eigenvalue weighted by molar-refractivity contribution is 5.88. The van der Waals surface area contributed by atoms with Gasteiger partial charge in [0.2, 0.25) is 11.8 Å². The van der Waals surface area contributed by atoms with Gasteiger partial charge >= 0.3 is 0 Å². The molecular formula is C16H22N2O2. The maximum Gasteiger partial charge on any atom is 0.246 e. The SMILES string of the molecule is CC(=O)N1CCN(Cc2ccccc2)C(=O)[C@@H]1C(C)C. The molecule has 1 aliphatic heterocycles. The van der Waals surface area contributed by atoms with Gasteiger partial charge in [0.25, 0.3) is 0 Å². The molecule has 0 radical (unpaired) electrons. The van der Waals surface area contributed by atoms with Crippen LogP contribution in [0, 0.1) is 5.92 Å². The zero-order chi connectivity index (χ0) is 14.7. The summed E-state index contributed by atoms with van der Waals surface area (Å²) in [5.41, 5.74) is 1.12. The molecule has 1 atom stereocenters. The van der Waals surface area contributed by atoms with E-state index in [-0.39, 0.29) is 23.8 Å². The molecule has 0 N–H and O–H groups in total. The Hall–Kier alpha value is -1.84. The summed E-state index contributed by atoms with van der Waals surface area (Å²) in [6.45, 7) is 7.37. The Labute approximate surface area is 120 Å². The van der Waals surface area contributed by atoms with Crippen LogP contribution in [0.4, 0.5) is 0 Å². The van der Waals surface area contributed by atoms with Crippen molar-refractivity contribution in [3.8, 4) is 0 Å². The van der Waals surface area contributed by atoms with Crippen molar-refractivity contribution >= 4 is 11.8 Å². The summed E-state index contributed by atoms with van der Waals surface area (Å²) in [6.07, 6.45) is 0. The van der Waals surface area contributed by atoms with Crippen molar-refractivity contribution < 1.29 is 9.59 Å². The van der Waals surface area contributed by atoms with Crippen LogP contribution in [-0.2, 0) is 16.1 Å². The molecule has 108 valence electrons. The van der Waals surface area contributed by atoms with Crippen molar-refractivity contribution in [2.45, 2.75) is 33.4 Å². The van der Waals surface area contributed by atoms with Gasteiger partial charge in [0, 0.05) is 26.6 Å². The second-order valence-electron chi connectivity index (χ2n) is 5.65.